The molecule has 1 aromatic rings. The van der Waals surface area contributed by atoms with E-state index >= 15 is 0 Å². The second-order valence-electron chi connectivity index (χ2n) is 3.76. The molecule has 0 aliphatic rings. The number of nitrogens with one attached hydrogen (secondary N) is 1. The highest BCUT2D eigenvalue weighted by molar-refractivity contribution is 9.10. The first kappa shape index (κ1) is 16.3. The minimum Gasteiger partial charge on any atom is -0.207 e. The van der Waals surface area contributed by atoms with Crippen molar-refractivity contribution in [2.24, 2.45) is 0 Å². The van der Waals surface area contributed by atoms with Gasteiger partial charge in [-0.1, -0.05) is 34.5 Å². The molecule has 1 rings (SSSR count). The summed E-state index contributed by atoms with van der Waals surface area (Å²) in [5.74, 6) is 1.70. The highest BCUT2D eigenvalue weighted by Gasteiger charge is 2.20. The van der Waals surface area contributed by atoms with E-state index < -0.39 is 10.0 Å². The van der Waals surface area contributed by atoms with E-state index in [1.54, 1.807) is 23.9 Å². The first-order valence-electron chi connectivity index (χ1n) is 5.42. The lowest BCUT2D eigenvalue weighted by Crippen LogP contribution is -2.34. The molecule has 102 valence electrons. The van der Waals surface area contributed by atoms with E-state index in [9.17, 15) is 8.42 Å². The van der Waals surface area contributed by atoms with Gasteiger partial charge in [0.25, 0.3) is 0 Å². The van der Waals surface area contributed by atoms with E-state index in [4.69, 9.17) is 11.6 Å². The smallest absolute Gasteiger partial charge is 0.207 e. The van der Waals surface area contributed by atoms with Crippen LogP contribution >= 0.6 is 39.3 Å². The van der Waals surface area contributed by atoms with Crippen molar-refractivity contribution in [1.29, 1.82) is 0 Å². The van der Waals surface area contributed by atoms with Crippen molar-refractivity contribution in [2.75, 3.05) is 11.5 Å². The summed E-state index contributed by atoms with van der Waals surface area (Å²) in [7, 11) is -3.55. The van der Waals surface area contributed by atoms with Crippen LogP contribution in [0.1, 0.15) is 13.8 Å². The third-order valence-electron chi connectivity index (χ3n) is 2.11. The molecule has 0 amide bonds. The van der Waals surface area contributed by atoms with Gasteiger partial charge in [-0.05, 0) is 30.9 Å². The summed E-state index contributed by atoms with van der Waals surface area (Å²) >= 11 is 10.9. The van der Waals surface area contributed by atoms with E-state index in [0.717, 1.165) is 16.0 Å². The third kappa shape index (κ3) is 4.74. The van der Waals surface area contributed by atoms with Gasteiger partial charge in [0.1, 0.15) is 4.90 Å². The Balaban J connectivity index is 2.86. The lowest BCUT2D eigenvalue weighted by Gasteiger charge is -2.14. The fourth-order valence-electron chi connectivity index (χ4n) is 1.35. The van der Waals surface area contributed by atoms with E-state index in [0.29, 0.717) is 0 Å². The monoisotopic (exact) mass is 371 g/mol. The predicted octanol–water partition coefficient (Wildman–Crippen LogP) is 3.52. The molecule has 0 spiro atoms. The number of sulfonamides is 1. The first-order valence-corrected chi connectivity index (χ1v) is 9.23. The Hall–Kier alpha value is 0.250. The summed E-state index contributed by atoms with van der Waals surface area (Å²) in [6, 6.07) is 4.60. The van der Waals surface area contributed by atoms with Crippen LogP contribution in [0, 0.1) is 0 Å². The summed E-state index contributed by atoms with van der Waals surface area (Å²) in [5.41, 5.74) is 0. The average molecular weight is 373 g/mol. The topological polar surface area (TPSA) is 46.2 Å². The summed E-state index contributed by atoms with van der Waals surface area (Å²) in [5, 5.41) is 0.215. The van der Waals surface area contributed by atoms with Crippen molar-refractivity contribution in [1.82, 2.24) is 4.72 Å². The molecule has 7 heteroatoms. The van der Waals surface area contributed by atoms with Crippen molar-refractivity contribution < 1.29 is 8.42 Å². The summed E-state index contributed by atoms with van der Waals surface area (Å²) in [6.07, 6.45) is 0. The molecule has 0 radical (unpaired) electrons. The molecule has 0 aliphatic heterocycles. The zero-order valence-corrected chi connectivity index (χ0v) is 14.1. The van der Waals surface area contributed by atoms with Gasteiger partial charge >= 0.3 is 0 Å². The molecule has 0 fully saturated rings. The van der Waals surface area contributed by atoms with Gasteiger partial charge < -0.3 is 0 Å². The number of benzene rings is 1. The Bertz CT molecular complexity index is 508. The van der Waals surface area contributed by atoms with Crippen LogP contribution in [-0.2, 0) is 10.0 Å². The largest absolute Gasteiger partial charge is 0.242 e. The summed E-state index contributed by atoms with van der Waals surface area (Å²) in [6.45, 7) is 3.88. The van der Waals surface area contributed by atoms with Crippen molar-refractivity contribution in [3.05, 3.63) is 27.7 Å². The van der Waals surface area contributed by atoms with E-state index in [1.165, 1.54) is 6.07 Å². The van der Waals surface area contributed by atoms with Gasteiger partial charge in [0.15, 0.2) is 0 Å². The minimum absolute atomic E-state index is 0.112. The molecule has 0 bridgehead atoms. The van der Waals surface area contributed by atoms with Crippen LogP contribution in [0.5, 0.6) is 0 Å². The number of hydrogen-bond donors (Lipinski definition) is 1. The molecule has 18 heavy (non-hydrogen) atoms. The molecular weight excluding hydrogens is 358 g/mol. The second-order valence-corrected chi connectivity index (χ2v) is 8.08. The highest BCUT2D eigenvalue weighted by atomic mass is 79.9. The molecule has 1 aromatic carbocycles. The summed E-state index contributed by atoms with van der Waals surface area (Å²) < 4.78 is 27.6. The Kier molecular flexibility index (Phi) is 6.47. The SMILES string of the molecule is CCSCC(C)NS(=O)(=O)c1ccc(Br)cc1Cl. The highest BCUT2D eigenvalue weighted by Crippen LogP contribution is 2.25. The maximum Gasteiger partial charge on any atom is 0.242 e. The minimum atomic E-state index is -3.55. The van der Waals surface area contributed by atoms with Crippen LogP contribution in [0.25, 0.3) is 0 Å². The number of thioether (sulfide) groups is 1. The molecule has 3 nitrogen and oxygen atoms in total. The quantitative estimate of drug-likeness (QED) is 0.831. The van der Waals surface area contributed by atoms with Gasteiger partial charge in [-0.2, -0.15) is 11.8 Å². The van der Waals surface area contributed by atoms with Crippen LogP contribution in [0.2, 0.25) is 5.02 Å². The van der Waals surface area contributed by atoms with Crippen LogP contribution in [0.4, 0.5) is 0 Å². The van der Waals surface area contributed by atoms with Crippen molar-refractivity contribution >= 4 is 49.3 Å². The van der Waals surface area contributed by atoms with Crippen molar-refractivity contribution in [3.8, 4) is 0 Å². The van der Waals surface area contributed by atoms with Gasteiger partial charge in [-0.15, -0.1) is 0 Å². The average Bonchev–Trinajstić information content (AvgIpc) is 2.25. The maximum absolute atomic E-state index is 12.1. The van der Waals surface area contributed by atoms with Gasteiger partial charge in [-0.3, -0.25) is 0 Å². The maximum atomic E-state index is 12.1. The first-order chi connectivity index (χ1) is 8.36. The second kappa shape index (κ2) is 7.14. The van der Waals surface area contributed by atoms with E-state index in [2.05, 4.69) is 20.7 Å². The molecule has 0 saturated carbocycles. The normalized spacial score (nSPS) is 13.6. The van der Waals surface area contributed by atoms with E-state index in [-0.39, 0.29) is 16.0 Å². The van der Waals surface area contributed by atoms with E-state index in [1.807, 2.05) is 13.8 Å². The Morgan fingerprint density at radius 2 is 2.17 bits per heavy atom. The molecule has 1 N–H and O–H groups in total. The Labute approximate surface area is 126 Å². The molecule has 0 heterocycles. The van der Waals surface area contributed by atoms with Crippen molar-refractivity contribution in [3.63, 3.8) is 0 Å². The third-order valence-corrected chi connectivity index (χ3v) is 5.82. The Morgan fingerprint density at radius 3 is 2.72 bits per heavy atom. The molecule has 0 aliphatic carbocycles. The predicted molar refractivity (Wildman–Crippen MR) is 81.9 cm³/mol. The lowest BCUT2D eigenvalue weighted by molar-refractivity contribution is 0.571. The molecule has 1 atom stereocenters. The number of hydrogen-bond acceptors (Lipinski definition) is 3. The zero-order valence-electron chi connectivity index (χ0n) is 10.1. The number of halogens is 2. The van der Waals surface area contributed by atoms with Gasteiger partial charge in [-0.25, -0.2) is 13.1 Å². The molecule has 0 aromatic heterocycles. The molecule has 0 saturated heterocycles. The zero-order chi connectivity index (χ0) is 13.8. The number of rotatable bonds is 6. The Morgan fingerprint density at radius 1 is 1.50 bits per heavy atom. The lowest BCUT2D eigenvalue weighted by atomic mass is 10.4. The fraction of sp³-hybridized carbons (Fsp3) is 0.455. The standard InChI is InChI=1S/C11H15BrClNO2S2/c1-3-17-7-8(2)14-18(15,16)11-5-4-9(12)6-10(11)13/h4-6,8,14H,3,7H2,1-2H3. The molecular formula is C11H15BrClNO2S2. The van der Waals surface area contributed by atoms with Crippen LogP contribution in [0.15, 0.2) is 27.6 Å². The van der Waals surface area contributed by atoms with Crippen molar-refractivity contribution in [2.45, 2.75) is 24.8 Å². The van der Waals surface area contributed by atoms with Crippen LogP contribution in [0.3, 0.4) is 0 Å². The fourth-order valence-corrected chi connectivity index (χ4v) is 4.41. The summed E-state index contributed by atoms with van der Waals surface area (Å²) in [4.78, 5) is 0.112. The van der Waals surface area contributed by atoms with Crippen LogP contribution in [-0.4, -0.2) is 26.0 Å². The van der Waals surface area contributed by atoms with Gasteiger partial charge in [0.05, 0.1) is 5.02 Å². The van der Waals surface area contributed by atoms with Gasteiger partial charge in [0, 0.05) is 16.3 Å². The van der Waals surface area contributed by atoms with Gasteiger partial charge in [0.2, 0.25) is 10.0 Å². The molecule has 1 unspecified atom stereocenters. The van der Waals surface area contributed by atoms with Crippen LogP contribution < -0.4 is 4.72 Å².